The third kappa shape index (κ3) is 3.37. The summed E-state index contributed by atoms with van der Waals surface area (Å²) in [6, 6.07) is 18.6. The van der Waals surface area contributed by atoms with Crippen molar-refractivity contribution in [3.05, 3.63) is 76.8 Å². The van der Waals surface area contributed by atoms with Gasteiger partial charge in [-0.1, -0.05) is 42.5 Å². The van der Waals surface area contributed by atoms with Gasteiger partial charge in [0, 0.05) is 18.3 Å². The van der Waals surface area contributed by atoms with Crippen molar-refractivity contribution in [1.29, 1.82) is 0 Å². The quantitative estimate of drug-likeness (QED) is 0.719. The van der Waals surface area contributed by atoms with Gasteiger partial charge in [0.2, 0.25) is 0 Å². The van der Waals surface area contributed by atoms with Gasteiger partial charge in [-0.3, -0.25) is 14.9 Å². The lowest BCUT2D eigenvalue weighted by atomic mass is 10.1. The first-order chi connectivity index (χ1) is 12.2. The van der Waals surface area contributed by atoms with Crippen LogP contribution in [-0.4, -0.2) is 15.7 Å². The number of carbonyl (C=O) groups is 2. The van der Waals surface area contributed by atoms with Crippen molar-refractivity contribution in [2.24, 2.45) is 0 Å². The summed E-state index contributed by atoms with van der Waals surface area (Å²) in [6.45, 7) is 0.890. The topological polar surface area (TPSA) is 51.1 Å². The lowest BCUT2D eigenvalue weighted by molar-refractivity contribution is -0.115. The van der Waals surface area contributed by atoms with Crippen LogP contribution in [0.15, 0.2) is 65.7 Å². The molecule has 1 saturated heterocycles. The smallest absolute Gasteiger partial charge is 0.290 e. The Balaban J connectivity index is 1.60. The highest BCUT2D eigenvalue weighted by Crippen LogP contribution is 2.27. The molecule has 1 aromatic heterocycles. The molecule has 0 bridgehead atoms. The van der Waals surface area contributed by atoms with E-state index in [9.17, 15) is 9.59 Å². The van der Waals surface area contributed by atoms with E-state index in [1.54, 1.807) is 6.08 Å². The zero-order chi connectivity index (χ0) is 17.2. The number of imide groups is 1. The average Bonchev–Trinajstić information content (AvgIpc) is 3.16. The molecule has 0 spiro atoms. The number of amides is 2. The fourth-order valence-electron chi connectivity index (χ4n) is 2.95. The van der Waals surface area contributed by atoms with Gasteiger partial charge < -0.3 is 4.57 Å². The van der Waals surface area contributed by atoms with Crippen LogP contribution >= 0.6 is 11.8 Å². The monoisotopic (exact) mass is 348 g/mol. The summed E-state index contributed by atoms with van der Waals surface area (Å²) in [5.74, 6) is -0.324. The van der Waals surface area contributed by atoms with Crippen molar-refractivity contribution < 1.29 is 9.59 Å². The largest absolute Gasteiger partial charge is 0.347 e. The number of fused-ring (bicyclic) bond motifs is 1. The third-order valence-electron chi connectivity index (χ3n) is 4.22. The summed E-state index contributed by atoms with van der Waals surface area (Å²) >= 11 is 0.942. The van der Waals surface area contributed by atoms with Crippen LogP contribution in [0.2, 0.25) is 0 Å². The van der Waals surface area contributed by atoms with Crippen LogP contribution in [0.3, 0.4) is 0 Å². The van der Waals surface area contributed by atoms with Crippen molar-refractivity contribution in [2.45, 2.75) is 13.0 Å². The minimum atomic E-state index is -0.324. The Kier molecular flexibility index (Phi) is 4.15. The molecule has 2 aromatic carbocycles. The molecule has 4 nitrogen and oxygen atoms in total. The van der Waals surface area contributed by atoms with Crippen LogP contribution in [0.1, 0.15) is 11.1 Å². The van der Waals surface area contributed by atoms with Gasteiger partial charge in [0.1, 0.15) is 0 Å². The van der Waals surface area contributed by atoms with E-state index >= 15 is 0 Å². The number of nitrogens with one attached hydrogen (secondary N) is 1. The molecule has 25 heavy (non-hydrogen) atoms. The van der Waals surface area contributed by atoms with E-state index in [0.29, 0.717) is 4.91 Å². The molecule has 0 radical (unpaired) electrons. The van der Waals surface area contributed by atoms with E-state index in [-0.39, 0.29) is 11.1 Å². The summed E-state index contributed by atoms with van der Waals surface area (Å²) in [4.78, 5) is 23.4. The predicted octanol–water partition coefficient (Wildman–Crippen LogP) is 4.21. The molecule has 4 rings (SSSR count). The molecule has 0 aliphatic carbocycles. The van der Waals surface area contributed by atoms with Gasteiger partial charge in [0.15, 0.2) is 0 Å². The minimum Gasteiger partial charge on any atom is -0.347 e. The number of aromatic nitrogens is 1. The number of aryl methyl sites for hydroxylation is 2. The maximum absolute atomic E-state index is 11.7. The fourth-order valence-corrected chi connectivity index (χ4v) is 3.63. The standard InChI is InChI=1S/C20H16N2O2S/c23-19-18(25-20(24)21-19)13-15-6-7-16-9-11-22(17(16)12-15)10-8-14-4-2-1-3-5-14/h1-7,9,11-13H,8,10H2,(H,21,23,24)/b18-13+. The fraction of sp³-hybridized carbons (Fsp3) is 0.100. The van der Waals surface area contributed by atoms with Crippen LogP contribution in [0.5, 0.6) is 0 Å². The number of hydrogen-bond acceptors (Lipinski definition) is 3. The van der Waals surface area contributed by atoms with Crippen molar-refractivity contribution in [2.75, 3.05) is 0 Å². The number of carbonyl (C=O) groups excluding carboxylic acids is 2. The Bertz CT molecular complexity index is 989. The van der Waals surface area contributed by atoms with E-state index in [0.717, 1.165) is 41.2 Å². The molecule has 2 amide bonds. The van der Waals surface area contributed by atoms with Gasteiger partial charge in [0.25, 0.3) is 11.1 Å². The lowest BCUT2D eigenvalue weighted by Crippen LogP contribution is -2.17. The molecule has 1 aliphatic rings. The molecule has 0 saturated carbocycles. The average molecular weight is 348 g/mol. The van der Waals surface area contributed by atoms with E-state index < -0.39 is 0 Å². The van der Waals surface area contributed by atoms with Crippen molar-refractivity contribution in [3.8, 4) is 0 Å². The van der Waals surface area contributed by atoms with Crippen LogP contribution in [0.4, 0.5) is 4.79 Å². The molecule has 0 atom stereocenters. The third-order valence-corrected chi connectivity index (χ3v) is 5.03. The molecule has 0 unspecified atom stereocenters. The second-order valence-corrected chi connectivity index (χ2v) is 6.93. The lowest BCUT2D eigenvalue weighted by Gasteiger charge is -2.06. The first-order valence-electron chi connectivity index (χ1n) is 8.07. The molecule has 2 heterocycles. The zero-order valence-corrected chi connectivity index (χ0v) is 14.3. The number of rotatable bonds is 4. The van der Waals surface area contributed by atoms with Crippen LogP contribution < -0.4 is 5.32 Å². The normalized spacial score (nSPS) is 15.9. The Morgan fingerprint density at radius 3 is 2.64 bits per heavy atom. The highest BCUT2D eigenvalue weighted by atomic mass is 32.2. The molecule has 1 aliphatic heterocycles. The first-order valence-corrected chi connectivity index (χ1v) is 8.88. The van der Waals surface area contributed by atoms with Gasteiger partial charge in [-0.2, -0.15) is 0 Å². The molecule has 124 valence electrons. The molecular formula is C20H16N2O2S. The van der Waals surface area contributed by atoms with Gasteiger partial charge in [0.05, 0.1) is 4.91 Å². The Morgan fingerprint density at radius 1 is 1.04 bits per heavy atom. The molecular weight excluding hydrogens is 332 g/mol. The Labute approximate surface area is 149 Å². The Morgan fingerprint density at radius 2 is 1.88 bits per heavy atom. The molecule has 1 fully saturated rings. The van der Waals surface area contributed by atoms with Crippen molar-refractivity contribution in [3.63, 3.8) is 0 Å². The zero-order valence-electron chi connectivity index (χ0n) is 13.4. The number of benzene rings is 2. The van der Waals surface area contributed by atoms with Crippen molar-refractivity contribution >= 4 is 39.9 Å². The van der Waals surface area contributed by atoms with E-state index in [1.807, 2.05) is 18.2 Å². The minimum absolute atomic E-state index is 0.316. The second kappa shape index (κ2) is 6.61. The van der Waals surface area contributed by atoms with E-state index in [1.165, 1.54) is 5.56 Å². The molecule has 1 N–H and O–H groups in total. The molecule has 5 heteroatoms. The SMILES string of the molecule is O=C1NC(=O)/C(=C\c2ccc3ccn(CCc4ccccc4)c3c2)S1. The summed E-state index contributed by atoms with van der Waals surface area (Å²) in [7, 11) is 0. The van der Waals surface area contributed by atoms with Gasteiger partial charge >= 0.3 is 0 Å². The highest BCUT2D eigenvalue weighted by Gasteiger charge is 2.24. The number of thioether (sulfide) groups is 1. The maximum Gasteiger partial charge on any atom is 0.290 e. The predicted molar refractivity (Wildman–Crippen MR) is 101 cm³/mol. The van der Waals surface area contributed by atoms with E-state index in [4.69, 9.17) is 0 Å². The number of hydrogen-bond donors (Lipinski definition) is 1. The van der Waals surface area contributed by atoms with Crippen LogP contribution in [0, 0.1) is 0 Å². The summed E-state index contributed by atoms with van der Waals surface area (Å²) in [5, 5.41) is 3.13. The Hall–Kier alpha value is -2.79. The van der Waals surface area contributed by atoms with Gasteiger partial charge in [-0.05, 0) is 52.9 Å². The van der Waals surface area contributed by atoms with Gasteiger partial charge in [-0.25, -0.2) is 0 Å². The second-order valence-electron chi connectivity index (χ2n) is 5.92. The van der Waals surface area contributed by atoms with Gasteiger partial charge in [-0.15, -0.1) is 0 Å². The summed E-state index contributed by atoms with van der Waals surface area (Å²) in [6.07, 6.45) is 4.81. The van der Waals surface area contributed by atoms with E-state index in [2.05, 4.69) is 52.5 Å². The van der Waals surface area contributed by atoms with Crippen LogP contribution in [-0.2, 0) is 17.8 Å². The first kappa shape index (κ1) is 15.7. The highest BCUT2D eigenvalue weighted by molar-refractivity contribution is 8.18. The van der Waals surface area contributed by atoms with Crippen LogP contribution in [0.25, 0.3) is 17.0 Å². The summed E-state index contributed by atoms with van der Waals surface area (Å²) in [5.41, 5.74) is 3.35. The summed E-state index contributed by atoms with van der Waals surface area (Å²) < 4.78 is 2.22. The van der Waals surface area contributed by atoms with Crippen molar-refractivity contribution in [1.82, 2.24) is 9.88 Å². The number of nitrogens with zero attached hydrogens (tertiary/aromatic N) is 1. The molecule has 3 aromatic rings. The maximum atomic E-state index is 11.7.